The Morgan fingerprint density at radius 2 is 1.47 bits per heavy atom. The first-order valence-corrected chi connectivity index (χ1v) is 10.7. The van der Waals surface area contributed by atoms with E-state index in [0.29, 0.717) is 27.9 Å². The smallest absolute Gasteiger partial charge is 0.347 e. The van der Waals surface area contributed by atoms with Crippen LogP contribution in [0.2, 0.25) is 0 Å². The van der Waals surface area contributed by atoms with E-state index in [4.69, 9.17) is 13.6 Å². The highest BCUT2D eigenvalue weighted by molar-refractivity contribution is 6.17. The summed E-state index contributed by atoms with van der Waals surface area (Å²) in [7, 11) is 0. The third-order valence-electron chi connectivity index (χ3n) is 6.00. The molecule has 4 aromatic rings. The Balaban J connectivity index is 1.70. The van der Waals surface area contributed by atoms with Crippen LogP contribution >= 0.6 is 0 Å². The molecule has 0 spiro atoms. The Hall–Kier alpha value is -3.67. The maximum atomic E-state index is 13.3. The van der Waals surface area contributed by atoms with Crippen LogP contribution in [0.3, 0.4) is 0 Å². The largest absolute Gasteiger partial charge is 0.459 e. The molecule has 0 saturated carbocycles. The van der Waals surface area contributed by atoms with Crippen molar-refractivity contribution < 1.29 is 23.2 Å². The summed E-state index contributed by atoms with van der Waals surface area (Å²) in [6.07, 6.45) is 0. The van der Waals surface area contributed by atoms with Crippen molar-refractivity contribution in [3.05, 3.63) is 75.3 Å². The number of carbonyl (C=O) groups excluding carboxylic acids is 2. The summed E-state index contributed by atoms with van der Waals surface area (Å²) in [5, 5.41) is 0.812. The average molecular weight is 430 g/mol. The van der Waals surface area contributed by atoms with Gasteiger partial charge in [0.05, 0.1) is 10.9 Å². The van der Waals surface area contributed by atoms with Gasteiger partial charge in [-0.25, -0.2) is 4.79 Å². The Bertz CT molecular complexity index is 1470. The number of fused-ring (bicyclic) bond motifs is 4. The fourth-order valence-corrected chi connectivity index (χ4v) is 4.34. The summed E-state index contributed by atoms with van der Waals surface area (Å²) in [6.45, 7) is 7.95. The highest BCUT2D eigenvalue weighted by atomic mass is 16.5. The molecule has 6 nitrogen and oxygen atoms in total. The summed E-state index contributed by atoms with van der Waals surface area (Å²) >= 11 is 0. The topological polar surface area (TPSA) is 86.7 Å². The number of para-hydroxylation sites is 2. The SMILES string of the molecule is CC(C)c1cccc2c1OC(=O)C(c1cc3c(=O)oc4c(C(C)C)cccc4c3o1)C2=O. The number of rotatable bonds is 3. The fraction of sp³-hybridized carbons (Fsp3) is 0.269. The van der Waals surface area contributed by atoms with E-state index in [1.54, 1.807) is 18.2 Å². The van der Waals surface area contributed by atoms with E-state index in [-0.39, 0.29) is 23.0 Å². The zero-order chi connectivity index (χ0) is 22.7. The zero-order valence-corrected chi connectivity index (χ0v) is 18.2. The van der Waals surface area contributed by atoms with Gasteiger partial charge in [0.15, 0.2) is 17.3 Å². The Morgan fingerprint density at radius 3 is 2.19 bits per heavy atom. The highest BCUT2D eigenvalue weighted by Gasteiger charge is 2.41. The molecule has 162 valence electrons. The minimum Gasteiger partial charge on any atom is -0.459 e. The third kappa shape index (κ3) is 2.90. The molecule has 0 bridgehead atoms. The van der Waals surface area contributed by atoms with Crippen LogP contribution in [0.15, 0.2) is 56.1 Å². The number of furan rings is 1. The summed E-state index contributed by atoms with van der Waals surface area (Å²) in [4.78, 5) is 38.9. The lowest BCUT2D eigenvalue weighted by molar-refractivity contribution is -0.135. The fourth-order valence-electron chi connectivity index (χ4n) is 4.34. The highest BCUT2D eigenvalue weighted by Crippen LogP contribution is 2.40. The van der Waals surface area contributed by atoms with Gasteiger partial charge < -0.3 is 13.6 Å². The van der Waals surface area contributed by atoms with Gasteiger partial charge in [0.2, 0.25) is 0 Å². The van der Waals surface area contributed by atoms with Crippen molar-refractivity contribution in [2.24, 2.45) is 0 Å². The molecule has 1 aliphatic heterocycles. The number of ether oxygens (including phenoxy) is 1. The van der Waals surface area contributed by atoms with Crippen molar-refractivity contribution >= 4 is 33.7 Å². The Labute approximate surface area is 183 Å². The molecule has 32 heavy (non-hydrogen) atoms. The van der Waals surface area contributed by atoms with E-state index in [9.17, 15) is 14.4 Å². The molecule has 2 aromatic carbocycles. The quantitative estimate of drug-likeness (QED) is 0.180. The van der Waals surface area contributed by atoms with E-state index in [1.807, 2.05) is 45.9 Å². The van der Waals surface area contributed by atoms with Gasteiger partial charge in [-0.15, -0.1) is 0 Å². The molecule has 5 rings (SSSR count). The van der Waals surface area contributed by atoms with E-state index in [2.05, 4.69) is 0 Å². The van der Waals surface area contributed by atoms with Crippen LogP contribution in [0.25, 0.3) is 21.9 Å². The summed E-state index contributed by atoms with van der Waals surface area (Å²) < 4.78 is 17.2. The lowest BCUT2D eigenvalue weighted by Crippen LogP contribution is -2.32. The van der Waals surface area contributed by atoms with Gasteiger partial charge in [0, 0.05) is 0 Å². The molecule has 1 atom stereocenters. The van der Waals surface area contributed by atoms with Gasteiger partial charge >= 0.3 is 11.6 Å². The van der Waals surface area contributed by atoms with Crippen LogP contribution in [-0.2, 0) is 4.79 Å². The molecule has 0 saturated heterocycles. The van der Waals surface area contributed by atoms with Gasteiger partial charge in [0.1, 0.15) is 22.5 Å². The van der Waals surface area contributed by atoms with Crippen molar-refractivity contribution in [3.63, 3.8) is 0 Å². The molecule has 1 unspecified atom stereocenters. The lowest BCUT2D eigenvalue weighted by atomic mass is 9.89. The van der Waals surface area contributed by atoms with Crippen LogP contribution in [-0.4, -0.2) is 11.8 Å². The molecule has 0 fully saturated rings. The molecule has 3 heterocycles. The average Bonchev–Trinajstić information content (AvgIpc) is 3.18. The Kier molecular flexibility index (Phi) is 4.55. The maximum absolute atomic E-state index is 13.3. The van der Waals surface area contributed by atoms with E-state index >= 15 is 0 Å². The van der Waals surface area contributed by atoms with Crippen molar-refractivity contribution in [1.29, 1.82) is 0 Å². The van der Waals surface area contributed by atoms with Gasteiger partial charge in [-0.3, -0.25) is 9.59 Å². The number of benzene rings is 2. The second kappa shape index (κ2) is 7.19. The number of hydrogen-bond donors (Lipinski definition) is 0. The minimum atomic E-state index is -1.28. The van der Waals surface area contributed by atoms with Crippen LogP contribution in [0.1, 0.15) is 72.7 Å². The van der Waals surface area contributed by atoms with Crippen molar-refractivity contribution in [2.75, 3.05) is 0 Å². The number of Topliss-reactive ketones (excluding diaryl/α,β-unsaturated/α-hetero) is 1. The van der Waals surface area contributed by atoms with Gasteiger partial charge in [0.25, 0.3) is 0 Å². The first-order valence-electron chi connectivity index (χ1n) is 10.7. The van der Waals surface area contributed by atoms with E-state index in [1.165, 1.54) is 6.07 Å². The predicted octanol–water partition coefficient (Wildman–Crippen LogP) is 5.67. The number of esters is 1. The number of ketones is 1. The normalized spacial score (nSPS) is 16.2. The van der Waals surface area contributed by atoms with Gasteiger partial charge in [-0.1, -0.05) is 52.0 Å². The molecule has 0 radical (unpaired) electrons. The second-order valence-corrected chi connectivity index (χ2v) is 8.76. The maximum Gasteiger partial charge on any atom is 0.347 e. The standard InChI is InChI=1S/C26H22O6/c1-12(2)14-7-5-9-16-21(27)20(26(29)32-22(14)16)19-11-18-24(30-19)17-10-6-8-15(13(3)4)23(17)31-25(18)28/h5-13,20H,1-4H3. The van der Waals surface area contributed by atoms with Gasteiger partial charge in [-0.05, 0) is 41.2 Å². The van der Waals surface area contributed by atoms with E-state index < -0.39 is 23.3 Å². The summed E-state index contributed by atoms with van der Waals surface area (Å²) in [6, 6.07) is 12.2. The van der Waals surface area contributed by atoms with Crippen LogP contribution in [0, 0.1) is 0 Å². The van der Waals surface area contributed by atoms with Crippen molar-refractivity contribution in [2.45, 2.75) is 45.4 Å². The molecular weight excluding hydrogens is 408 g/mol. The second-order valence-electron chi connectivity index (χ2n) is 8.76. The van der Waals surface area contributed by atoms with Crippen LogP contribution in [0.5, 0.6) is 5.75 Å². The predicted molar refractivity (Wildman–Crippen MR) is 120 cm³/mol. The molecule has 2 aromatic heterocycles. The third-order valence-corrected chi connectivity index (χ3v) is 6.00. The molecule has 6 heteroatoms. The summed E-state index contributed by atoms with van der Waals surface area (Å²) in [5.41, 5.74) is 2.18. The molecule has 0 N–H and O–H groups in total. The van der Waals surface area contributed by atoms with Crippen molar-refractivity contribution in [3.8, 4) is 5.75 Å². The lowest BCUT2D eigenvalue weighted by Gasteiger charge is -2.24. The number of hydrogen-bond acceptors (Lipinski definition) is 6. The van der Waals surface area contributed by atoms with Gasteiger partial charge in [-0.2, -0.15) is 0 Å². The molecular formula is C26H22O6. The van der Waals surface area contributed by atoms with Crippen LogP contribution < -0.4 is 10.4 Å². The first kappa shape index (κ1) is 20.2. The minimum absolute atomic E-state index is 0.0744. The van der Waals surface area contributed by atoms with E-state index in [0.717, 1.165) is 11.1 Å². The molecule has 1 aliphatic rings. The Morgan fingerprint density at radius 1 is 0.781 bits per heavy atom. The summed E-state index contributed by atoms with van der Waals surface area (Å²) in [5.74, 6) is -1.81. The number of carbonyl (C=O) groups is 2. The first-order chi connectivity index (χ1) is 15.3. The molecule has 0 aliphatic carbocycles. The molecule has 0 amide bonds. The monoisotopic (exact) mass is 430 g/mol. The van der Waals surface area contributed by atoms with Crippen molar-refractivity contribution in [1.82, 2.24) is 0 Å². The zero-order valence-electron chi connectivity index (χ0n) is 18.2. The van der Waals surface area contributed by atoms with Crippen LogP contribution in [0.4, 0.5) is 0 Å².